The smallest absolute Gasteiger partial charge is 0.339 e. The van der Waals surface area contributed by atoms with E-state index in [1.165, 1.54) is 6.92 Å². The van der Waals surface area contributed by atoms with E-state index in [1.807, 2.05) is 0 Å². The number of hydrogen-bond acceptors (Lipinski definition) is 6. The van der Waals surface area contributed by atoms with Gasteiger partial charge in [0.2, 0.25) is 10.0 Å². The lowest BCUT2D eigenvalue weighted by atomic mass is 10.2. The number of phenols is 1. The number of sulfone groups is 1. The first-order chi connectivity index (χ1) is 9.59. The monoisotopic (exact) mass is 337 g/mol. The van der Waals surface area contributed by atoms with E-state index in [0.717, 1.165) is 18.2 Å². The number of sulfonamides is 1. The van der Waals surface area contributed by atoms with Gasteiger partial charge in [-0.3, -0.25) is 0 Å². The van der Waals surface area contributed by atoms with Crippen LogP contribution < -0.4 is 4.72 Å². The Morgan fingerprint density at radius 3 is 2.38 bits per heavy atom. The summed E-state index contributed by atoms with van der Waals surface area (Å²) >= 11 is 0. The zero-order valence-electron chi connectivity index (χ0n) is 11.1. The molecule has 1 aromatic carbocycles. The molecule has 0 bridgehead atoms. The highest BCUT2D eigenvalue weighted by Gasteiger charge is 2.19. The summed E-state index contributed by atoms with van der Waals surface area (Å²) in [4.78, 5) is 10.5. The van der Waals surface area contributed by atoms with Crippen LogP contribution in [0.3, 0.4) is 0 Å². The maximum absolute atomic E-state index is 11.9. The molecule has 0 fully saturated rings. The number of carbonyl (C=O) groups is 1. The molecule has 0 aliphatic carbocycles. The molecule has 21 heavy (non-hydrogen) atoms. The maximum atomic E-state index is 11.9. The van der Waals surface area contributed by atoms with E-state index in [4.69, 9.17) is 5.11 Å². The summed E-state index contributed by atoms with van der Waals surface area (Å²) in [5, 5.41) is 18.1. The van der Waals surface area contributed by atoms with Gasteiger partial charge < -0.3 is 10.2 Å². The van der Waals surface area contributed by atoms with E-state index in [0.29, 0.717) is 0 Å². The second kappa shape index (κ2) is 6.41. The van der Waals surface area contributed by atoms with Crippen LogP contribution in [-0.4, -0.2) is 51.1 Å². The van der Waals surface area contributed by atoms with E-state index in [9.17, 15) is 26.7 Å². The number of benzene rings is 1. The van der Waals surface area contributed by atoms with Gasteiger partial charge in [0, 0.05) is 12.3 Å². The first-order valence-electron chi connectivity index (χ1n) is 5.85. The molecule has 118 valence electrons. The van der Waals surface area contributed by atoms with Gasteiger partial charge >= 0.3 is 5.97 Å². The van der Waals surface area contributed by atoms with Gasteiger partial charge in [0.1, 0.15) is 11.3 Å². The third-order valence-corrected chi connectivity index (χ3v) is 5.82. The van der Waals surface area contributed by atoms with Gasteiger partial charge in [-0.05, 0) is 18.2 Å². The molecule has 0 amide bonds. The number of aromatic hydroxyl groups is 1. The normalized spacial score (nSPS) is 12.2. The number of rotatable bonds is 7. The van der Waals surface area contributed by atoms with Crippen molar-refractivity contribution in [3.63, 3.8) is 0 Å². The Kier molecular flexibility index (Phi) is 5.31. The molecule has 0 aromatic heterocycles. The van der Waals surface area contributed by atoms with Gasteiger partial charge in [-0.15, -0.1) is 0 Å². The molecule has 0 atom stereocenters. The van der Waals surface area contributed by atoms with Gasteiger partial charge in [-0.1, -0.05) is 6.92 Å². The Balaban J connectivity index is 2.94. The topological polar surface area (TPSA) is 138 Å². The first-order valence-corrected chi connectivity index (χ1v) is 9.16. The number of hydrogen-bond donors (Lipinski definition) is 3. The highest BCUT2D eigenvalue weighted by molar-refractivity contribution is 7.91. The summed E-state index contributed by atoms with van der Waals surface area (Å²) in [5.41, 5.74) is -0.556. The zero-order chi connectivity index (χ0) is 16.3. The summed E-state index contributed by atoms with van der Waals surface area (Å²) in [6.45, 7) is 1.13. The maximum Gasteiger partial charge on any atom is 0.339 e. The predicted octanol–water partition coefficient (Wildman–Crippen LogP) is -0.197. The van der Waals surface area contributed by atoms with Gasteiger partial charge in [-0.25, -0.2) is 26.4 Å². The molecule has 0 unspecified atom stereocenters. The van der Waals surface area contributed by atoms with Crippen molar-refractivity contribution in [1.82, 2.24) is 4.72 Å². The van der Waals surface area contributed by atoms with Crippen LogP contribution in [0.5, 0.6) is 5.75 Å². The van der Waals surface area contributed by atoms with Gasteiger partial charge in [-0.2, -0.15) is 0 Å². The highest BCUT2D eigenvalue weighted by atomic mass is 32.2. The van der Waals surface area contributed by atoms with Crippen LogP contribution in [0.2, 0.25) is 0 Å². The summed E-state index contributed by atoms with van der Waals surface area (Å²) in [7, 11) is -7.37. The molecule has 0 aliphatic heterocycles. The molecule has 0 radical (unpaired) electrons. The van der Waals surface area contributed by atoms with Crippen molar-refractivity contribution in [2.45, 2.75) is 11.8 Å². The summed E-state index contributed by atoms with van der Waals surface area (Å²) in [5.74, 6) is -2.49. The van der Waals surface area contributed by atoms with Crippen molar-refractivity contribution in [2.75, 3.05) is 18.1 Å². The van der Waals surface area contributed by atoms with Crippen LogP contribution >= 0.6 is 0 Å². The second-order valence-corrected chi connectivity index (χ2v) is 8.36. The largest absolute Gasteiger partial charge is 0.507 e. The molecule has 1 rings (SSSR count). The van der Waals surface area contributed by atoms with Crippen molar-refractivity contribution in [2.24, 2.45) is 0 Å². The van der Waals surface area contributed by atoms with Crippen molar-refractivity contribution in [3.8, 4) is 5.75 Å². The van der Waals surface area contributed by atoms with Gasteiger partial charge in [0.25, 0.3) is 0 Å². The van der Waals surface area contributed by atoms with E-state index >= 15 is 0 Å². The Hall–Kier alpha value is -1.65. The molecule has 0 saturated carbocycles. The molecule has 0 saturated heterocycles. The molecule has 1 aromatic rings. The van der Waals surface area contributed by atoms with Crippen LogP contribution in [-0.2, 0) is 19.9 Å². The van der Waals surface area contributed by atoms with Crippen molar-refractivity contribution in [3.05, 3.63) is 23.8 Å². The fourth-order valence-corrected chi connectivity index (χ4v) is 3.30. The summed E-state index contributed by atoms with van der Waals surface area (Å²) < 4.78 is 48.4. The van der Waals surface area contributed by atoms with E-state index in [1.54, 1.807) is 0 Å². The average Bonchev–Trinajstić information content (AvgIpc) is 2.38. The quantitative estimate of drug-likeness (QED) is 0.626. The Labute approximate surface area is 122 Å². The van der Waals surface area contributed by atoms with Crippen molar-refractivity contribution in [1.29, 1.82) is 0 Å². The van der Waals surface area contributed by atoms with Crippen molar-refractivity contribution >= 4 is 25.8 Å². The third kappa shape index (κ3) is 4.69. The minimum Gasteiger partial charge on any atom is -0.507 e. The van der Waals surface area contributed by atoms with E-state index in [-0.39, 0.29) is 22.9 Å². The number of aromatic carboxylic acids is 1. The molecular formula is C11H15NO7S2. The lowest BCUT2D eigenvalue weighted by Gasteiger charge is -2.08. The van der Waals surface area contributed by atoms with Crippen LogP contribution in [0.1, 0.15) is 17.3 Å². The van der Waals surface area contributed by atoms with Gasteiger partial charge in [0.15, 0.2) is 9.84 Å². The summed E-state index contributed by atoms with van der Waals surface area (Å²) in [6.07, 6.45) is 0. The molecular weight excluding hydrogens is 322 g/mol. The molecule has 0 heterocycles. The lowest BCUT2D eigenvalue weighted by molar-refractivity contribution is 0.0693. The Morgan fingerprint density at radius 1 is 1.24 bits per heavy atom. The highest BCUT2D eigenvalue weighted by Crippen LogP contribution is 2.21. The Bertz CT molecular complexity index is 738. The average molecular weight is 337 g/mol. The van der Waals surface area contributed by atoms with E-state index < -0.39 is 37.1 Å². The minimum absolute atomic E-state index is 0.100. The molecule has 3 N–H and O–H groups in total. The van der Waals surface area contributed by atoms with Crippen molar-refractivity contribution < 1.29 is 31.8 Å². The van der Waals surface area contributed by atoms with Crippen LogP contribution in [0.15, 0.2) is 23.1 Å². The third-order valence-electron chi connectivity index (χ3n) is 2.65. The fourth-order valence-electron chi connectivity index (χ4n) is 1.41. The summed E-state index contributed by atoms with van der Waals surface area (Å²) in [6, 6.07) is 2.77. The van der Waals surface area contributed by atoms with Crippen LogP contribution in [0.4, 0.5) is 0 Å². The fraction of sp³-hybridized carbons (Fsp3) is 0.364. The zero-order valence-corrected chi connectivity index (χ0v) is 12.7. The van der Waals surface area contributed by atoms with Gasteiger partial charge in [0.05, 0.1) is 10.6 Å². The number of carboxylic acids is 1. The number of nitrogens with one attached hydrogen (secondary N) is 1. The molecule has 8 nitrogen and oxygen atoms in total. The number of carboxylic acid groups (broad SMARTS) is 1. The molecule has 10 heteroatoms. The van der Waals surface area contributed by atoms with Crippen LogP contribution in [0, 0.1) is 0 Å². The Morgan fingerprint density at radius 2 is 1.86 bits per heavy atom. The predicted molar refractivity (Wildman–Crippen MR) is 74.6 cm³/mol. The van der Waals surface area contributed by atoms with E-state index in [2.05, 4.69) is 4.72 Å². The standard InChI is InChI=1S/C11H15NO7S2/c1-2-20(16,17)6-5-12-21(18,19)8-3-4-10(13)9(7-8)11(14)15/h3-4,7,12-13H,2,5-6H2,1H3,(H,14,15). The SMILES string of the molecule is CCS(=O)(=O)CCNS(=O)(=O)c1ccc(O)c(C(=O)O)c1. The molecule has 0 spiro atoms. The minimum atomic E-state index is -4.05. The lowest BCUT2D eigenvalue weighted by Crippen LogP contribution is -2.29. The first kappa shape index (κ1) is 17.4. The molecule has 0 aliphatic rings. The van der Waals surface area contributed by atoms with Crippen LogP contribution in [0.25, 0.3) is 0 Å². The second-order valence-electron chi connectivity index (χ2n) is 4.12.